The first-order valence-electron chi connectivity index (χ1n) is 6.33. The summed E-state index contributed by atoms with van der Waals surface area (Å²) in [6.07, 6.45) is 0. The van der Waals surface area contributed by atoms with Crippen molar-refractivity contribution in [1.29, 1.82) is 0 Å². The lowest BCUT2D eigenvalue weighted by Crippen LogP contribution is -2.36. The normalized spacial score (nSPS) is 18.0. The summed E-state index contributed by atoms with van der Waals surface area (Å²) in [5, 5.41) is 14.9. The molecule has 1 atom stereocenters. The Labute approximate surface area is 136 Å². The van der Waals surface area contributed by atoms with Crippen molar-refractivity contribution in [3.05, 3.63) is 28.8 Å². The zero-order valence-electron chi connectivity index (χ0n) is 11.1. The number of carbonyl (C=O) groups is 2. The summed E-state index contributed by atoms with van der Waals surface area (Å²) in [7, 11) is 0. The molecule has 0 bridgehead atoms. The maximum absolute atomic E-state index is 11.8. The van der Waals surface area contributed by atoms with E-state index in [9.17, 15) is 9.59 Å². The van der Waals surface area contributed by atoms with Crippen LogP contribution < -0.4 is 10.6 Å². The molecule has 1 aliphatic rings. The minimum Gasteiger partial charge on any atom is -0.478 e. The number of hydrogen-bond donors (Lipinski definition) is 3. The Balaban J connectivity index is 1.85. The molecule has 0 radical (unpaired) electrons. The number of hydrogen-bond acceptors (Lipinski definition) is 4. The number of carboxylic acids is 1. The Bertz CT molecular complexity index is 536. The summed E-state index contributed by atoms with van der Waals surface area (Å²) >= 11 is 9.71. The minimum atomic E-state index is -1.06. The molecule has 1 aliphatic heterocycles. The summed E-state index contributed by atoms with van der Waals surface area (Å²) in [5.41, 5.74) is 0.478. The van der Waals surface area contributed by atoms with E-state index in [0.29, 0.717) is 17.5 Å². The molecule has 0 saturated carbocycles. The van der Waals surface area contributed by atoms with Crippen LogP contribution in [0.15, 0.2) is 18.2 Å². The van der Waals surface area contributed by atoms with Gasteiger partial charge in [0.15, 0.2) is 0 Å². The quantitative estimate of drug-likeness (QED) is 0.781. The highest BCUT2D eigenvalue weighted by Crippen LogP contribution is 2.24. The average molecular weight is 347 g/mol. The topological polar surface area (TPSA) is 78.4 Å². The second kappa shape index (κ2) is 7.82. The summed E-state index contributed by atoms with van der Waals surface area (Å²) in [6, 6.07) is 3.86. The molecule has 5 nitrogen and oxygen atoms in total. The van der Waals surface area contributed by atoms with Crippen LogP contribution in [0.2, 0.25) is 5.02 Å². The van der Waals surface area contributed by atoms with Gasteiger partial charge in [-0.3, -0.25) is 0 Å². The van der Waals surface area contributed by atoms with Crippen molar-refractivity contribution in [3.63, 3.8) is 0 Å². The first kappa shape index (κ1) is 16.3. The van der Waals surface area contributed by atoms with E-state index in [1.54, 1.807) is 0 Å². The van der Waals surface area contributed by atoms with Crippen molar-refractivity contribution in [2.45, 2.75) is 5.25 Å². The molecule has 1 aromatic carbocycles. The average Bonchev–Trinajstić information content (AvgIpc) is 2.48. The summed E-state index contributed by atoms with van der Waals surface area (Å²) < 4.78 is 0. The number of anilines is 1. The first-order valence-corrected chi connectivity index (χ1v) is 8.91. The van der Waals surface area contributed by atoms with Crippen molar-refractivity contribution in [2.24, 2.45) is 0 Å². The van der Waals surface area contributed by atoms with Gasteiger partial charge in [0.05, 0.1) is 16.3 Å². The highest BCUT2D eigenvalue weighted by atomic mass is 35.5. The molecule has 8 heteroatoms. The molecular weight excluding hydrogens is 332 g/mol. The van der Waals surface area contributed by atoms with E-state index in [0.717, 1.165) is 11.5 Å². The predicted octanol–water partition coefficient (Wildman–Crippen LogP) is 3.01. The number of aromatic carboxylic acids is 1. The summed E-state index contributed by atoms with van der Waals surface area (Å²) in [6.45, 7) is 0.605. The molecule has 2 rings (SSSR count). The first-order chi connectivity index (χ1) is 10.1. The fraction of sp³-hybridized carbons (Fsp3) is 0.385. The lowest BCUT2D eigenvalue weighted by Gasteiger charge is -2.21. The van der Waals surface area contributed by atoms with Gasteiger partial charge in [-0.25, -0.2) is 9.59 Å². The molecule has 1 heterocycles. The molecule has 21 heavy (non-hydrogen) atoms. The third-order valence-corrected chi connectivity index (χ3v) is 6.00. The second-order valence-corrected chi connectivity index (χ2v) is 7.37. The maximum Gasteiger partial charge on any atom is 0.335 e. The van der Waals surface area contributed by atoms with Gasteiger partial charge < -0.3 is 15.7 Å². The van der Waals surface area contributed by atoms with Crippen molar-refractivity contribution >= 4 is 52.8 Å². The summed E-state index contributed by atoms with van der Waals surface area (Å²) in [5.74, 6) is 2.26. The van der Waals surface area contributed by atoms with E-state index in [-0.39, 0.29) is 16.6 Å². The minimum absolute atomic E-state index is 0.0848. The number of carbonyl (C=O) groups excluding carboxylic acids is 1. The zero-order valence-corrected chi connectivity index (χ0v) is 13.5. The SMILES string of the molecule is O=C(NCC1CSCCS1)Nc1ccc(C(=O)O)cc1Cl. The molecule has 114 valence electrons. The van der Waals surface area contributed by atoms with E-state index in [1.807, 2.05) is 23.5 Å². The number of amides is 2. The fourth-order valence-electron chi connectivity index (χ4n) is 1.78. The highest BCUT2D eigenvalue weighted by Gasteiger charge is 2.15. The molecule has 1 unspecified atom stereocenters. The lowest BCUT2D eigenvalue weighted by atomic mass is 10.2. The Kier molecular flexibility index (Phi) is 6.08. The Morgan fingerprint density at radius 3 is 2.81 bits per heavy atom. The van der Waals surface area contributed by atoms with E-state index in [1.165, 1.54) is 24.0 Å². The van der Waals surface area contributed by atoms with Gasteiger partial charge in [-0.15, -0.1) is 0 Å². The van der Waals surface area contributed by atoms with Crippen LogP contribution >= 0.6 is 35.1 Å². The number of thioether (sulfide) groups is 2. The Morgan fingerprint density at radius 1 is 1.38 bits per heavy atom. The third-order valence-electron chi connectivity index (χ3n) is 2.84. The van der Waals surface area contributed by atoms with Gasteiger partial charge in [-0.05, 0) is 18.2 Å². The Morgan fingerprint density at radius 2 is 2.19 bits per heavy atom. The highest BCUT2D eigenvalue weighted by molar-refractivity contribution is 8.06. The van der Waals surface area contributed by atoms with Crippen LogP contribution in [0.25, 0.3) is 0 Å². The van der Waals surface area contributed by atoms with E-state index >= 15 is 0 Å². The van der Waals surface area contributed by atoms with Gasteiger partial charge in [0.25, 0.3) is 0 Å². The van der Waals surface area contributed by atoms with Gasteiger partial charge in [0.1, 0.15) is 0 Å². The van der Waals surface area contributed by atoms with Crippen LogP contribution in [-0.2, 0) is 0 Å². The van der Waals surface area contributed by atoms with Gasteiger partial charge >= 0.3 is 12.0 Å². The molecule has 0 spiro atoms. The van der Waals surface area contributed by atoms with Gasteiger partial charge in [-0.2, -0.15) is 23.5 Å². The molecule has 0 aliphatic carbocycles. The largest absolute Gasteiger partial charge is 0.478 e. The van der Waals surface area contributed by atoms with Gasteiger partial charge in [0.2, 0.25) is 0 Å². The summed E-state index contributed by atoms with van der Waals surface area (Å²) in [4.78, 5) is 22.6. The molecule has 0 aromatic heterocycles. The van der Waals surface area contributed by atoms with E-state index < -0.39 is 5.97 Å². The van der Waals surface area contributed by atoms with Crippen LogP contribution in [0.5, 0.6) is 0 Å². The monoisotopic (exact) mass is 346 g/mol. The smallest absolute Gasteiger partial charge is 0.335 e. The molecule has 1 aromatic rings. The van der Waals surface area contributed by atoms with Crippen LogP contribution in [0.1, 0.15) is 10.4 Å². The molecule has 1 saturated heterocycles. The standard InChI is InChI=1S/C13H15ClN2O3S2/c14-10-5-8(12(17)18)1-2-11(10)16-13(19)15-6-9-7-20-3-4-21-9/h1-2,5,9H,3-4,6-7H2,(H,17,18)(H2,15,16,19). The number of urea groups is 1. The number of nitrogens with one attached hydrogen (secondary N) is 2. The third kappa shape index (κ3) is 5.01. The van der Waals surface area contributed by atoms with Gasteiger partial charge in [0, 0.05) is 29.1 Å². The zero-order chi connectivity index (χ0) is 15.2. The lowest BCUT2D eigenvalue weighted by molar-refractivity contribution is 0.0697. The number of halogens is 1. The van der Waals surface area contributed by atoms with Gasteiger partial charge in [-0.1, -0.05) is 11.6 Å². The molecule has 1 fully saturated rings. The number of benzene rings is 1. The second-order valence-electron chi connectivity index (χ2n) is 4.40. The molecule has 3 N–H and O–H groups in total. The van der Waals surface area contributed by atoms with Crippen molar-refractivity contribution in [2.75, 3.05) is 29.1 Å². The number of carboxylic acid groups (broad SMARTS) is 1. The molecule has 2 amide bonds. The van der Waals surface area contributed by atoms with Crippen molar-refractivity contribution < 1.29 is 14.7 Å². The maximum atomic E-state index is 11.8. The molecular formula is C13H15ClN2O3S2. The Hall–Kier alpha value is -1.05. The predicted molar refractivity (Wildman–Crippen MR) is 89.0 cm³/mol. The van der Waals surface area contributed by atoms with E-state index in [4.69, 9.17) is 16.7 Å². The van der Waals surface area contributed by atoms with Crippen LogP contribution in [0.3, 0.4) is 0 Å². The van der Waals surface area contributed by atoms with E-state index in [2.05, 4.69) is 10.6 Å². The van der Waals surface area contributed by atoms with Crippen LogP contribution in [0, 0.1) is 0 Å². The van der Waals surface area contributed by atoms with Crippen molar-refractivity contribution in [3.8, 4) is 0 Å². The van der Waals surface area contributed by atoms with Crippen molar-refractivity contribution in [1.82, 2.24) is 5.32 Å². The number of rotatable bonds is 4. The van der Waals surface area contributed by atoms with Crippen LogP contribution in [-0.4, -0.2) is 46.2 Å². The van der Waals surface area contributed by atoms with Crippen LogP contribution in [0.4, 0.5) is 10.5 Å². The fourth-order valence-corrected chi connectivity index (χ4v) is 4.62.